The van der Waals surface area contributed by atoms with Crippen LogP contribution >= 0.6 is 0 Å². The van der Waals surface area contributed by atoms with Crippen LogP contribution in [0.15, 0.2) is 54.7 Å². The fourth-order valence-corrected chi connectivity index (χ4v) is 5.30. The van der Waals surface area contributed by atoms with E-state index in [-0.39, 0.29) is 11.8 Å². The Kier molecular flexibility index (Phi) is 4.03. The number of carbonyl (C=O) groups is 1. The van der Waals surface area contributed by atoms with Crippen molar-refractivity contribution in [2.24, 2.45) is 5.41 Å². The minimum atomic E-state index is -0.200. The maximum Gasteiger partial charge on any atom is 0.230 e. The van der Waals surface area contributed by atoms with E-state index in [1.54, 1.807) is 0 Å². The molecule has 2 aromatic carbocycles. The molecule has 0 saturated carbocycles. The van der Waals surface area contributed by atoms with Gasteiger partial charge in [0, 0.05) is 43.3 Å². The molecule has 1 unspecified atom stereocenters. The first-order valence-electron chi connectivity index (χ1n) is 10.8. The Morgan fingerprint density at radius 1 is 1.00 bits per heavy atom. The maximum absolute atomic E-state index is 13.4. The molecule has 0 radical (unpaired) electrons. The molecule has 6 nitrogen and oxygen atoms in total. The van der Waals surface area contributed by atoms with Crippen molar-refractivity contribution >= 4 is 22.5 Å². The fraction of sp³-hybridized carbons (Fsp3) is 0.375. The lowest BCUT2D eigenvalue weighted by Gasteiger charge is -2.39. The Hall–Kier alpha value is -2.99. The van der Waals surface area contributed by atoms with Gasteiger partial charge in [-0.25, -0.2) is 0 Å². The number of fused-ring (bicyclic) bond motifs is 2. The van der Waals surface area contributed by atoms with Crippen LogP contribution in [-0.2, 0) is 11.3 Å². The summed E-state index contributed by atoms with van der Waals surface area (Å²) < 4.78 is 6.07. The molecule has 4 heterocycles. The van der Waals surface area contributed by atoms with Crippen molar-refractivity contribution in [1.82, 2.24) is 14.8 Å². The lowest BCUT2D eigenvalue weighted by molar-refractivity contribution is -0.139. The minimum absolute atomic E-state index is 0.126. The van der Waals surface area contributed by atoms with Gasteiger partial charge < -0.3 is 19.9 Å². The smallest absolute Gasteiger partial charge is 0.230 e. The number of aromatic nitrogens is 1. The van der Waals surface area contributed by atoms with Gasteiger partial charge in [-0.05, 0) is 43.0 Å². The molecule has 6 heteroatoms. The topological polar surface area (TPSA) is 60.6 Å². The standard InChI is InChI=1S/C24H26N4O2/c29-22-24(11-14-28(22)16-17-15-25-19-6-2-1-5-18(17)19)9-12-27(13-10-24)23-26-20-7-3-4-8-21(20)30-23/h1-8,15,23,25-26H,9-14,16H2. The molecule has 6 rings (SSSR count). The van der Waals surface area contributed by atoms with Gasteiger partial charge in [-0.1, -0.05) is 30.3 Å². The van der Waals surface area contributed by atoms with E-state index in [4.69, 9.17) is 4.74 Å². The summed E-state index contributed by atoms with van der Waals surface area (Å²) in [6, 6.07) is 16.4. The summed E-state index contributed by atoms with van der Waals surface area (Å²) in [6.45, 7) is 3.29. The quantitative estimate of drug-likeness (QED) is 0.700. The summed E-state index contributed by atoms with van der Waals surface area (Å²) in [5.74, 6) is 1.24. The van der Waals surface area contributed by atoms with E-state index < -0.39 is 0 Å². The molecule has 1 aromatic heterocycles. The Balaban J connectivity index is 1.12. The molecule has 1 atom stereocenters. The number of carbonyl (C=O) groups excluding carboxylic acids is 1. The largest absolute Gasteiger partial charge is 0.455 e. The van der Waals surface area contributed by atoms with Crippen LogP contribution in [0.3, 0.4) is 0 Å². The van der Waals surface area contributed by atoms with Gasteiger partial charge in [0.1, 0.15) is 5.75 Å². The van der Waals surface area contributed by atoms with E-state index >= 15 is 0 Å². The predicted molar refractivity (Wildman–Crippen MR) is 116 cm³/mol. The summed E-state index contributed by atoms with van der Waals surface area (Å²) in [7, 11) is 0. The average molecular weight is 402 g/mol. The van der Waals surface area contributed by atoms with Gasteiger partial charge in [0.15, 0.2) is 0 Å². The molecule has 3 aromatic rings. The molecule has 154 valence electrons. The van der Waals surface area contributed by atoms with Gasteiger partial charge in [-0.15, -0.1) is 0 Å². The predicted octanol–water partition coefficient (Wildman–Crippen LogP) is 3.77. The second-order valence-corrected chi connectivity index (χ2v) is 8.76. The Morgan fingerprint density at radius 3 is 2.63 bits per heavy atom. The van der Waals surface area contributed by atoms with Gasteiger partial charge in [0.25, 0.3) is 0 Å². The van der Waals surface area contributed by atoms with Crippen LogP contribution in [0.4, 0.5) is 5.69 Å². The lowest BCUT2D eigenvalue weighted by atomic mass is 9.77. The van der Waals surface area contributed by atoms with E-state index in [0.29, 0.717) is 12.5 Å². The number of nitrogens with one attached hydrogen (secondary N) is 2. The lowest BCUT2D eigenvalue weighted by Crippen LogP contribution is -2.51. The second-order valence-electron chi connectivity index (χ2n) is 8.76. The monoisotopic (exact) mass is 402 g/mol. The van der Waals surface area contributed by atoms with Crippen molar-refractivity contribution < 1.29 is 9.53 Å². The van der Waals surface area contributed by atoms with Crippen molar-refractivity contribution in [3.05, 3.63) is 60.3 Å². The number of ether oxygens (including phenoxy) is 1. The Morgan fingerprint density at radius 2 is 1.77 bits per heavy atom. The fourth-order valence-electron chi connectivity index (χ4n) is 5.30. The highest BCUT2D eigenvalue weighted by Gasteiger charge is 2.49. The molecule has 1 amide bonds. The molecule has 1 spiro atoms. The summed E-state index contributed by atoms with van der Waals surface area (Å²) in [4.78, 5) is 21.1. The number of H-pyrrole nitrogens is 1. The van der Waals surface area contributed by atoms with E-state index in [9.17, 15) is 4.79 Å². The molecule has 0 aliphatic carbocycles. The highest BCUT2D eigenvalue weighted by molar-refractivity contribution is 5.87. The van der Waals surface area contributed by atoms with Crippen molar-refractivity contribution in [3.8, 4) is 5.75 Å². The molecule has 30 heavy (non-hydrogen) atoms. The molecule has 0 bridgehead atoms. The zero-order valence-electron chi connectivity index (χ0n) is 16.9. The van der Waals surface area contributed by atoms with Crippen LogP contribution in [-0.4, -0.2) is 46.7 Å². The number of rotatable bonds is 3. The zero-order valence-corrected chi connectivity index (χ0v) is 16.9. The Bertz CT molecular complexity index is 1070. The highest BCUT2D eigenvalue weighted by Crippen LogP contribution is 2.43. The van der Waals surface area contributed by atoms with Crippen LogP contribution in [0, 0.1) is 5.41 Å². The van der Waals surface area contributed by atoms with Crippen LogP contribution in [0.2, 0.25) is 0 Å². The first kappa shape index (κ1) is 17.8. The number of aromatic amines is 1. The van der Waals surface area contributed by atoms with Crippen LogP contribution in [0.5, 0.6) is 5.75 Å². The number of likely N-dealkylation sites (tertiary alicyclic amines) is 2. The summed E-state index contributed by atoms with van der Waals surface area (Å²) >= 11 is 0. The number of hydrogen-bond donors (Lipinski definition) is 2. The van der Waals surface area contributed by atoms with Gasteiger partial charge in [0.05, 0.1) is 11.1 Å². The number of piperidine rings is 1. The number of hydrogen-bond acceptors (Lipinski definition) is 4. The second kappa shape index (κ2) is 6.77. The SMILES string of the molecule is O=C1N(Cc2c[nH]c3ccccc23)CCC12CCN(C1Nc3ccccc3O1)CC2. The number of para-hydroxylation sites is 3. The minimum Gasteiger partial charge on any atom is -0.455 e. The van der Waals surface area contributed by atoms with Gasteiger partial charge in [-0.2, -0.15) is 0 Å². The normalized spacial score (nSPS) is 23.0. The van der Waals surface area contributed by atoms with Gasteiger partial charge in [0.2, 0.25) is 12.3 Å². The van der Waals surface area contributed by atoms with Crippen LogP contribution < -0.4 is 10.1 Å². The molecule has 2 saturated heterocycles. The van der Waals surface area contributed by atoms with E-state index in [2.05, 4.69) is 38.3 Å². The third-order valence-corrected chi connectivity index (χ3v) is 7.13. The number of benzene rings is 2. The van der Waals surface area contributed by atoms with Crippen molar-refractivity contribution in [3.63, 3.8) is 0 Å². The number of anilines is 1. The number of nitrogens with zero attached hydrogens (tertiary/aromatic N) is 2. The van der Waals surface area contributed by atoms with Crippen LogP contribution in [0.1, 0.15) is 24.8 Å². The van der Waals surface area contributed by atoms with Crippen LogP contribution in [0.25, 0.3) is 10.9 Å². The molecule has 2 fully saturated rings. The Labute approximate surface area is 175 Å². The van der Waals surface area contributed by atoms with E-state index in [1.165, 1.54) is 10.9 Å². The molecular weight excluding hydrogens is 376 g/mol. The average Bonchev–Trinajstić information content (AvgIpc) is 3.47. The summed E-state index contributed by atoms with van der Waals surface area (Å²) in [6.07, 6.45) is 4.67. The van der Waals surface area contributed by atoms with Gasteiger partial charge >= 0.3 is 0 Å². The molecule has 3 aliphatic heterocycles. The highest BCUT2D eigenvalue weighted by atomic mass is 16.5. The third-order valence-electron chi connectivity index (χ3n) is 7.13. The van der Waals surface area contributed by atoms with E-state index in [0.717, 1.165) is 55.9 Å². The summed E-state index contributed by atoms with van der Waals surface area (Å²) in [5.41, 5.74) is 3.18. The van der Waals surface area contributed by atoms with Crippen molar-refractivity contribution in [2.45, 2.75) is 32.2 Å². The molecular formula is C24H26N4O2. The molecule has 2 N–H and O–H groups in total. The first-order valence-corrected chi connectivity index (χ1v) is 10.8. The first-order chi connectivity index (χ1) is 14.7. The van der Waals surface area contributed by atoms with Gasteiger partial charge in [-0.3, -0.25) is 9.69 Å². The van der Waals surface area contributed by atoms with Crippen molar-refractivity contribution in [2.75, 3.05) is 25.0 Å². The summed E-state index contributed by atoms with van der Waals surface area (Å²) in [5, 5.41) is 4.67. The van der Waals surface area contributed by atoms with Crippen molar-refractivity contribution in [1.29, 1.82) is 0 Å². The third kappa shape index (κ3) is 2.78. The number of amides is 1. The van der Waals surface area contributed by atoms with E-state index in [1.807, 2.05) is 36.5 Å². The molecule has 3 aliphatic rings. The zero-order chi connectivity index (χ0) is 20.1. The maximum atomic E-state index is 13.4.